The van der Waals surface area contributed by atoms with Gasteiger partial charge in [-0.3, -0.25) is 0 Å². The highest BCUT2D eigenvalue weighted by Gasteiger charge is 2.19. The number of nitrogens with zero attached hydrogens (tertiary/aromatic N) is 1. The summed E-state index contributed by atoms with van der Waals surface area (Å²) in [6.07, 6.45) is 0. The number of thiophene rings is 1. The van der Waals surface area contributed by atoms with E-state index in [0.717, 1.165) is 0 Å². The van der Waals surface area contributed by atoms with Crippen LogP contribution in [0.25, 0.3) is 80.3 Å². The Balaban J connectivity index is 1.38. The molecule has 176 valence electrons. The maximum atomic E-state index is 2.47. The van der Waals surface area contributed by atoms with Crippen LogP contribution in [0.1, 0.15) is 0 Å². The third-order valence-electron chi connectivity index (χ3n) is 8.14. The van der Waals surface area contributed by atoms with Crippen molar-refractivity contribution in [3.8, 4) is 16.8 Å². The maximum Gasteiger partial charge on any atom is 0.0547 e. The highest BCUT2D eigenvalue weighted by molar-refractivity contribution is 7.25. The molecular formula is C36H21NS. The molecule has 2 heterocycles. The Bertz CT molecular complexity index is 2250. The van der Waals surface area contributed by atoms with E-state index in [-0.39, 0.29) is 0 Å². The van der Waals surface area contributed by atoms with Crippen LogP contribution < -0.4 is 0 Å². The first kappa shape index (κ1) is 20.4. The molecule has 9 rings (SSSR count). The molecule has 0 bridgehead atoms. The fraction of sp³-hybridized carbons (Fsp3) is 0. The third kappa shape index (κ3) is 2.65. The lowest BCUT2D eigenvalue weighted by atomic mass is 9.95. The quantitative estimate of drug-likeness (QED) is 0.208. The van der Waals surface area contributed by atoms with Gasteiger partial charge in [-0.05, 0) is 75.1 Å². The lowest BCUT2D eigenvalue weighted by molar-refractivity contribution is 1.19. The standard InChI is InChI=1S/C36H21NS/c1-2-8-22(9-3-1)23-16-18-33-29(20-23)30-21-24(17-19-34(30)38-33)37-31-14-6-12-27-25-10-4-5-11-26(25)28-13-7-15-32(37)36(28)35(27)31/h1-21H. The first-order valence-corrected chi connectivity index (χ1v) is 13.8. The van der Waals surface area contributed by atoms with Crippen LogP contribution >= 0.6 is 11.3 Å². The molecule has 38 heavy (non-hydrogen) atoms. The lowest BCUT2D eigenvalue weighted by Crippen LogP contribution is -1.93. The summed E-state index contributed by atoms with van der Waals surface area (Å²) in [4.78, 5) is 0. The van der Waals surface area contributed by atoms with Gasteiger partial charge in [-0.1, -0.05) is 84.9 Å². The van der Waals surface area contributed by atoms with Crippen LogP contribution in [-0.2, 0) is 0 Å². The van der Waals surface area contributed by atoms with Crippen molar-refractivity contribution in [2.45, 2.75) is 0 Å². The molecule has 0 atom stereocenters. The van der Waals surface area contributed by atoms with Gasteiger partial charge in [0.2, 0.25) is 0 Å². The molecule has 0 spiro atoms. The minimum Gasteiger partial charge on any atom is -0.309 e. The zero-order chi connectivity index (χ0) is 24.8. The first-order valence-electron chi connectivity index (χ1n) is 13.0. The van der Waals surface area contributed by atoms with Crippen molar-refractivity contribution < 1.29 is 0 Å². The molecule has 0 amide bonds. The molecule has 0 saturated heterocycles. The molecule has 2 heteroatoms. The molecule has 7 aromatic carbocycles. The molecule has 0 aliphatic carbocycles. The molecule has 0 unspecified atom stereocenters. The predicted octanol–water partition coefficient (Wildman–Crippen LogP) is 10.6. The number of fused-ring (bicyclic) bond motifs is 6. The minimum absolute atomic E-state index is 1.21. The molecule has 0 fully saturated rings. The average molecular weight is 500 g/mol. The van der Waals surface area contributed by atoms with E-state index in [1.165, 1.54) is 80.3 Å². The number of aromatic nitrogens is 1. The number of benzene rings is 7. The molecule has 9 aromatic rings. The summed E-state index contributed by atoms with van der Waals surface area (Å²) in [5.41, 5.74) is 6.26. The van der Waals surface area contributed by atoms with Crippen LogP contribution in [0.15, 0.2) is 127 Å². The zero-order valence-electron chi connectivity index (χ0n) is 20.5. The second-order valence-electron chi connectivity index (χ2n) is 10.1. The van der Waals surface area contributed by atoms with Gasteiger partial charge in [0.15, 0.2) is 0 Å². The van der Waals surface area contributed by atoms with Crippen molar-refractivity contribution >= 4 is 74.9 Å². The summed E-state index contributed by atoms with van der Waals surface area (Å²) in [7, 11) is 0. The Morgan fingerprint density at radius 1 is 0.395 bits per heavy atom. The van der Waals surface area contributed by atoms with Crippen LogP contribution in [0.4, 0.5) is 0 Å². The second kappa shape index (κ2) is 7.44. The molecule has 0 aliphatic heterocycles. The van der Waals surface area contributed by atoms with Crippen LogP contribution in [0, 0.1) is 0 Å². The fourth-order valence-electron chi connectivity index (χ4n) is 6.50. The third-order valence-corrected chi connectivity index (χ3v) is 9.29. The first-order chi connectivity index (χ1) is 18.8. The molecule has 1 nitrogen and oxygen atoms in total. The molecule has 2 aromatic heterocycles. The summed E-state index contributed by atoms with van der Waals surface area (Å²) < 4.78 is 5.12. The Kier molecular flexibility index (Phi) is 3.99. The number of rotatable bonds is 2. The average Bonchev–Trinajstić information content (AvgIpc) is 3.52. The Labute approximate surface area is 223 Å². The largest absolute Gasteiger partial charge is 0.309 e. The topological polar surface area (TPSA) is 4.93 Å². The minimum atomic E-state index is 1.21. The summed E-state index contributed by atoms with van der Waals surface area (Å²) in [5.74, 6) is 0. The van der Waals surface area contributed by atoms with E-state index in [1.807, 2.05) is 11.3 Å². The number of hydrogen-bond acceptors (Lipinski definition) is 1. The second-order valence-corrected chi connectivity index (χ2v) is 11.2. The van der Waals surface area contributed by atoms with Gasteiger partial charge in [0.05, 0.1) is 11.0 Å². The van der Waals surface area contributed by atoms with E-state index in [4.69, 9.17) is 0 Å². The van der Waals surface area contributed by atoms with E-state index in [0.29, 0.717) is 0 Å². The van der Waals surface area contributed by atoms with Crippen LogP contribution in [0.3, 0.4) is 0 Å². The normalized spacial score (nSPS) is 12.2. The van der Waals surface area contributed by atoms with E-state index < -0.39 is 0 Å². The predicted molar refractivity (Wildman–Crippen MR) is 165 cm³/mol. The van der Waals surface area contributed by atoms with Gasteiger partial charge in [0.25, 0.3) is 0 Å². The van der Waals surface area contributed by atoms with Crippen molar-refractivity contribution in [3.05, 3.63) is 127 Å². The van der Waals surface area contributed by atoms with E-state index in [9.17, 15) is 0 Å². The van der Waals surface area contributed by atoms with E-state index in [1.54, 1.807) is 0 Å². The zero-order valence-corrected chi connectivity index (χ0v) is 21.3. The van der Waals surface area contributed by atoms with E-state index in [2.05, 4.69) is 132 Å². The van der Waals surface area contributed by atoms with Gasteiger partial charge >= 0.3 is 0 Å². The molecule has 0 aliphatic rings. The maximum absolute atomic E-state index is 2.47. The molecule has 0 saturated carbocycles. The molecule has 0 radical (unpaired) electrons. The van der Waals surface area contributed by atoms with Gasteiger partial charge in [0, 0.05) is 36.6 Å². The van der Waals surface area contributed by atoms with Crippen molar-refractivity contribution in [2.24, 2.45) is 0 Å². The van der Waals surface area contributed by atoms with Gasteiger partial charge in [0.1, 0.15) is 0 Å². The van der Waals surface area contributed by atoms with Crippen molar-refractivity contribution in [3.63, 3.8) is 0 Å². The van der Waals surface area contributed by atoms with Crippen molar-refractivity contribution in [1.29, 1.82) is 0 Å². The monoisotopic (exact) mass is 499 g/mol. The van der Waals surface area contributed by atoms with Crippen molar-refractivity contribution in [1.82, 2.24) is 4.57 Å². The highest BCUT2D eigenvalue weighted by Crippen LogP contribution is 2.44. The summed E-state index contributed by atoms with van der Waals surface area (Å²) in [6.45, 7) is 0. The van der Waals surface area contributed by atoms with Crippen LogP contribution in [-0.4, -0.2) is 4.57 Å². The van der Waals surface area contributed by atoms with Crippen LogP contribution in [0.2, 0.25) is 0 Å². The highest BCUT2D eigenvalue weighted by atomic mass is 32.1. The number of hydrogen-bond donors (Lipinski definition) is 0. The van der Waals surface area contributed by atoms with Crippen LogP contribution in [0.5, 0.6) is 0 Å². The summed E-state index contributed by atoms with van der Waals surface area (Å²) in [6, 6.07) is 46.9. The summed E-state index contributed by atoms with van der Waals surface area (Å²) in [5, 5.41) is 10.7. The molecular weight excluding hydrogens is 478 g/mol. The Hall–Kier alpha value is -4.66. The lowest BCUT2D eigenvalue weighted by Gasteiger charge is -2.08. The van der Waals surface area contributed by atoms with Gasteiger partial charge in [-0.2, -0.15) is 0 Å². The fourth-order valence-corrected chi connectivity index (χ4v) is 7.57. The SMILES string of the molecule is c1ccc(-c2ccc3sc4ccc(-n5c6cccc7c8ccccc8c8cccc5c8c76)cc4c3c2)cc1. The van der Waals surface area contributed by atoms with Gasteiger partial charge < -0.3 is 4.57 Å². The van der Waals surface area contributed by atoms with Crippen molar-refractivity contribution in [2.75, 3.05) is 0 Å². The molecule has 0 N–H and O–H groups in total. The summed E-state index contributed by atoms with van der Waals surface area (Å²) >= 11 is 1.88. The Morgan fingerprint density at radius 3 is 1.66 bits per heavy atom. The Morgan fingerprint density at radius 2 is 0.974 bits per heavy atom. The smallest absolute Gasteiger partial charge is 0.0547 e. The van der Waals surface area contributed by atoms with Gasteiger partial charge in [-0.25, -0.2) is 0 Å². The van der Waals surface area contributed by atoms with E-state index >= 15 is 0 Å². The van der Waals surface area contributed by atoms with Gasteiger partial charge in [-0.15, -0.1) is 11.3 Å².